The van der Waals surface area contributed by atoms with E-state index in [0.717, 1.165) is 17.5 Å². The van der Waals surface area contributed by atoms with E-state index in [4.69, 9.17) is 4.74 Å². The Kier molecular flexibility index (Phi) is 6.36. The van der Waals surface area contributed by atoms with E-state index in [-0.39, 0.29) is 11.2 Å². The van der Waals surface area contributed by atoms with Gasteiger partial charge in [-0.25, -0.2) is 4.98 Å². The molecule has 6 nitrogen and oxygen atoms in total. The molecule has 1 heterocycles. The van der Waals surface area contributed by atoms with E-state index in [1.54, 1.807) is 7.11 Å². The van der Waals surface area contributed by atoms with Crippen molar-refractivity contribution in [3.05, 3.63) is 53.6 Å². The first-order chi connectivity index (χ1) is 13.5. The Hall–Kier alpha value is -2.80. The predicted octanol–water partition coefficient (Wildman–Crippen LogP) is 4.47. The lowest BCUT2D eigenvalue weighted by molar-refractivity contribution is -0.115. The fourth-order valence-electron chi connectivity index (χ4n) is 2.69. The van der Waals surface area contributed by atoms with E-state index < -0.39 is 0 Å². The SMILES string of the molecule is CCc1ccc(-c2nc(S[C@H](C)C(=O)Nc3cc(C)ccc3OC)n[nH]2)cc1. The summed E-state index contributed by atoms with van der Waals surface area (Å²) in [6, 6.07) is 13.9. The molecular weight excluding hydrogens is 372 g/mol. The first kappa shape index (κ1) is 19.9. The van der Waals surface area contributed by atoms with Crippen molar-refractivity contribution in [3.63, 3.8) is 0 Å². The van der Waals surface area contributed by atoms with Gasteiger partial charge in [0.25, 0.3) is 0 Å². The minimum atomic E-state index is -0.365. The molecule has 2 aromatic carbocycles. The number of hydrogen-bond acceptors (Lipinski definition) is 5. The van der Waals surface area contributed by atoms with Gasteiger partial charge in [-0.1, -0.05) is 49.0 Å². The normalized spacial score (nSPS) is 11.9. The second-order valence-electron chi connectivity index (χ2n) is 6.47. The van der Waals surface area contributed by atoms with E-state index in [0.29, 0.717) is 22.4 Å². The Morgan fingerprint density at radius 2 is 2.00 bits per heavy atom. The maximum atomic E-state index is 12.6. The number of aromatic nitrogens is 3. The first-order valence-electron chi connectivity index (χ1n) is 9.14. The second-order valence-corrected chi connectivity index (χ2v) is 7.78. The zero-order valence-electron chi connectivity index (χ0n) is 16.4. The highest BCUT2D eigenvalue weighted by molar-refractivity contribution is 8.00. The Balaban J connectivity index is 1.66. The molecule has 0 saturated carbocycles. The molecule has 1 amide bonds. The molecule has 2 N–H and O–H groups in total. The molecule has 7 heteroatoms. The summed E-state index contributed by atoms with van der Waals surface area (Å²) in [4.78, 5) is 17.1. The van der Waals surface area contributed by atoms with Crippen molar-refractivity contribution in [1.82, 2.24) is 15.2 Å². The fraction of sp³-hybridized carbons (Fsp3) is 0.286. The van der Waals surface area contributed by atoms with Gasteiger partial charge in [-0.2, -0.15) is 0 Å². The number of ether oxygens (including phenoxy) is 1. The van der Waals surface area contributed by atoms with Gasteiger partial charge in [0.05, 0.1) is 18.0 Å². The molecular formula is C21H24N4O2S. The van der Waals surface area contributed by atoms with Crippen LogP contribution in [-0.2, 0) is 11.2 Å². The zero-order chi connectivity index (χ0) is 20.1. The largest absolute Gasteiger partial charge is 0.495 e. The van der Waals surface area contributed by atoms with E-state index in [1.807, 2.05) is 44.2 Å². The van der Waals surface area contributed by atoms with Crippen LogP contribution in [0.4, 0.5) is 5.69 Å². The molecule has 28 heavy (non-hydrogen) atoms. The fourth-order valence-corrected chi connectivity index (χ4v) is 3.42. The van der Waals surface area contributed by atoms with Gasteiger partial charge < -0.3 is 10.1 Å². The Labute approximate surface area is 169 Å². The van der Waals surface area contributed by atoms with Crippen molar-refractivity contribution in [2.45, 2.75) is 37.6 Å². The number of nitrogens with zero attached hydrogens (tertiary/aromatic N) is 2. The maximum absolute atomic E-state index is 12.6. The molecule has 0 aliphatic rings. The van der Waals surface area contributed by atoms with Gasteiger partial charge in [0.15, 0.2) is 5.82 Å². The number of rotatable bonds is 7. The number of H-pyrrole nitrogens is 1. The molecule has 1 atom stereocenters. The maximum Gasteiger partial charge on any atom is 0.237 e. The van der Waals surface area contributed by atoms with Crippen LogP contribution in [0.1, 0.15) is 25.0 Å². The van der Waals surface area contributed by atoms with E-state index >= 15 is 0 Å². The summed E-state index contributed by atoms with van der Waals surface area (Å²) in [5.41, 5.74) is 3.95. The Morgan fingerprint density at radius 1 is 1.25 bits per heavy atom. The summed E-state index contributed by atoms with van der Waals surface area (Å²) in [5, 5.41) is 10.3. The third kappa shape index (κ3) is 4.72. The number of carbonyl (C=O) groups excluding carboxylic acids is 1. The van der Waals surface area contributed by atoms with Crippen LogP contribution in [0.3, 0.4) is 0 Å². The molecule has 0 spiro atoms. The number of thioether (sulfide) groups is 1. The molecule has 0 bridgehead atoms. The second kappa shape index (κ2) is 8.93. The van der Waals surface area contributed by atoms with Crippen LogP contribution in [0.15, 0.2) is 47.6 Å². The lowest BCUT2D eigenvalue weighted by Gasteiger charge is -2.13. The number of aromatic amines is 1. The number of aryl methyl sites for hydroxylation is 2. The molecule has 146 valence electrons. The molecule has 0 fully saturated rings. The van der Waals surface area contributed by atoms with Crippen molar-refractivity contribution in [2.24, 2.45) is 0 Å². The highest BCUT2D eigenvalue weighted by Crippen LogP contribution is 2.28. The standard InChI is InChI=1S/C21H24N4O2S/c1-5-15-7-9-16(10-8-15)19-23-21(25-24-19)28-14(3)20(26)22-17-12-13(2)6-11-18(17)27-4/h6-12,14H,5H2,1-4H3,(H,22,26)(H,23,24,25)/t14-/m1/s1. The number of anilines is 1. The van der Waals surface area contributed by atoms with Gasteiger partial charge in [-0.15, -0.1) is 5.10 Å². The van der Waals surface area contributed by atoms with Crippen LogP contribution in [0.25, 0.3) is 11.4 Å². The highest BCUT2D eigenvalue weighted by atomic mass is 32.2. The molecule has 0 saturated heterocycles. The van der Waals surface area contributed by atoms with Gasteiger partial charge in [-0.3, -0.25) is 9.89 Å². The third-order valence-electron chi connectivity index (χ3n) is 4.36. The molecule has 0 aliphatic heterocycles. The topological polar surface area (TPSA) is 79.9 Å². The minimum Gasteiger partial charge on any atom is -0.495 e. The van der Waals surface area contributed by atoms with Crippen LogP contribution in [-0.4, -0.2) is 33.4 Å². The van der Waals surface area contributed by atoms with Crippen molar-refractivity contribution in [3.8, 4) is 17.1 Å². The quantitative estimate of drug-likeness (QED) is 0.576. The zero-order valence-corrected chi connectivity index (χ0v) is 17.3. The van der Waals surface area contributed by atoms with Crippen molar-refractivity contribution >= 4 is 23.4 Å². The number of amides is 1. The average molecular weight is 397 g/mol. The van der Waals surface area contributed by atoms with Crippen LogP contribution in [0.5, 0.6) is 5.75 Å². The third-order valence-corrected chi connectivity index (χ3v) is 5.33. The summed E-state index contributed by atoms with van der Waals surface area (Å²) in [5.74, 6) is 1.19. The lowest BCUT2D eigenvalue weighted by atomic mass is 10.1. The molecule has 1 aromatic heterocycles. The number of nitrogens with one attached hydrogen (secondary N) is 2. The summed E-state index contributed by atoms with van der Waals surface area (Å²) in [7, 11) is 1.58. The van der Waals surface area contributed by atoms with Gasteiger partial charge in [0.1, 0.15) is 5.75 Å². The molecule has 3 rings (SSSR count). The van der Waals surface area contributed by atoms with Crippen molar-refractivity contribution in [1.29, 1.82) is 0 Å². The minimum absolute atomic E-state index is 0.132. The predicted molar refractivity (Wildman–Crippen MR) is 113 cm³/mol. The monoisotopic (exact) mass is 396 g/mol. The number of carbonyl (C=O) groups is 1. The number of methoxy groups -OCH3 is 1. The summed E-state index contributed by atoms with van der Waals surface area (Å²) >= 11 is 1.31. The van der Waals surface area contributed by atoms with Crippen molar-refractivity contribution in [2.75, 3.05) is 12.4 Å². The van der Waals surface area contributed by atoms with Gasteiger partial charge >= 0.3 is 0 Å². The number of benzene rings is 2. The smallest absolute Gasteiger partial charge is 0.237 e. The van der Waals surface area contributed by atoms with E-state index in [9.17, 15) is 4.79 Å². The summed E-state index contributed by atoms with van der Waals surface area (Å²) in [6.45, 7) is 5.92. The van der Waals surface area contributed by atoms with Crippen LogP contribution in [0.2, 0.25) is 0 Å². The van der Waals surface area contributed by atoms with Gasteiger partial charge in [-0.05, 0) is 43.5 Å². The van der Waals surface area contributed by atoms with Crippen LogP contribution in [0, 0.1) is 6.92 Å². The van der Waals surface area contributed by atoms with Crippen molar-refractivity contribution < 1.29 is 9.53 Å². The average Bonchev–Trinajstić information content (AvgIpc) is 3.16. The Morgan fingerprint density at radius 3 is 2.68 bits per heavy atom. The van der Waals surface area contributed by atoms with Crippen LogP contribution < -0.4 is 10.1 Å². The molecule has 3 aromatic rings. The molecule has 0 aliphatic carbocycles. The van der Waals surface area contributed by atoms with Crippen LogP contribution >= 0.6 is 11.8 Å². The Bertz CT molecular complexity index is 953. The molecule has 0 radical (unpaired) electrons. The highest BCUT2D eigenvalue weighted by Gasteiger charge is 2.19. The lowest BCUT2D eigenvalue weighted by Crippen LogP contribution is -2.22. The van der Waals surface area contributed by atoms with Gasteiger partial charge in [0, 0.05) is 5.56 Å². The van der Waals surface area contributed by atoms with E-state index in [2.05, 4.69) is 39.6 Å². The summed E-state index contributed by atoms with van der Waals surface area (Å²) < 4.78 is 5.32. The van der Waals surface area contributed by atoms with E-state index in [1.165, 1.54) is 17.3 Å². The molecule has 0 unspecified atom stereocenters. The number of hydrogen-bond donors (Lipinski definition) is 2. The summed E-state index contributed by atoms with van der Waals surface area (Å²) in [6.07, 6.45) is 0.996. The first-order valence-corrected chi connectivity index (χ1v) is 10.0. The van der Waals surface area contributed by atoms with Gasteiger partial charge in [0.2, 0.25) is 11.1 Å².